The molecule has 2 amide bonds. The van der Waals surface area contributed by atoms with Crippen molar-refractivity contribution in [2.75, 3.05) is 18.0 Å². The van der Waals surface area contributed by atoms with Gasteiger partial charge in [-0.3, -0.25) is 13.9 Å². The van der Waals surface area contributed by atoms with Crippen LogP contribution in [0.5, 0.6) is 5.75 Å². The molecule has 1 fully saturated rings. The van der Waals surface area contributed by atoms with E-state index in [0.29, 0.717) is 17.9 Å². The second-order valence-electron chi connectivity index (χ2n) is 10.1. The van der Waals surface area contributed by atoms with Crippen LogP contribution in [0, 0.1) is 3.57 Å². The van der Waals surface area contributed by atoms with Crippen molar-refractivity contribution in [3.8, 4) is 5.75 Å². The Kier molecular flexibility index (Phi) is 10.7. The van der Waals surface area contributed by atoms with Crippen molar-refractivity contribution in [2.45, 2.75) is 62.6 Å². The standard InChI is InChI=1S/C31H36IN3O5S/c1-3-29(31(37)33-25-11-7-8-12-25)34(21-23-10-9-13-27(20-23)40-2)30(36)22-35(26-18-16-24(32)17-19-26)41(38,39)28-14-5-4-6-15-28/h4-6,9-10,13-20,25,29H,3,7-8,11-12,21-22H2,1-2H3,(H,33,37)/t29-/m1/s1. The molecule has 8 nitrogen and oxygen atoms in total. The van der Waals surface area contributed by atoms with Crippen molar-refractivity contribution < 1.29 is 22.7 Å². The van der Waals surface area contributed by atoms with Gasteiger partial charge < -0.3 is 15.0 Å². The number of amides is 2. The molecule has 3 aromatic rings. The highest BCUT2D eigenvalue weighted by molar-refractivity contribution is 14.1. The average molecular weight is 690 g/mol. The van der Waals surface area contributed by atoms with Gasteiger partial charge in [-0.1, -0.05) is 50.1 Å². The first-order valence-electron chi connectivity index (χ1n) is 13.8. The number of nitrogens with zero attached hydrogens (tertiary/aromatic N) is 2. The highest BCUT2D eigenvalue weighted by Gasteiger charge is 2.34. The van der Waals surface area contributed by atoms with Crippen molar-refractivity contribution in [1.82, 2.24) is 10.2 Å². The predicted octanol–water partition coefficient (Wildman–Crippen LogP) is 5.36. The molecular formula is C31H36IN3O5S. The first-order valence-corrected chi connectivity index (χ1v) is 16.3. The Balaban J connectivity index is 1.71. The zero-order valence-electron chi connectivity index (χ0n) is 23.3. The van der Waals surface area contributed by atoms with Gasteiger partial charge in [-0.2, -0.15) is 0 Å². The molecule has 3 aromatic carbocycles. The molecule has 41 heavy (non-hydrogen) atoms. The maximum Gasteiger partial charge on any atom is 0.264 e. The van der Waals surface area contributed by atoms with E-state index >= 15 is 0 Å². The van der Waals surface area contributed by atoms with Crippen molar-refractivity contribution >= 4 is 50.1 Å². The molecule has 0 aromatic heterocycles. The minimum Gasteiger partial charge on any atom is -0.497 e. The quantitative estimate of drug-likeness (QED) is 0.259. The van der Waals surface area contributed by atoms with Crippen LogP contribution in [0.3, 0.4) is 0 Å². The molecule has 0 unspecified atom stereocenters. The third kappa shape index (κ3) is 7.79. The van der Waals surface area contributed by atoms with Gasteiger partial charge in [-0.15, -0.1) is 0 Å². The number of hydrogen-bond donors (Lipinski definition) is 1. The number of methoxy groups -OCH3 is 1. The summed E-state index contributed by atoms with van der Waals surface area (Å²) in [4.78, 5) is 29.3. The van der Waals surface area contributed by atoms with E-state index in [1.165, 1.54) is 17.0 Å². The van der Waals surface area contributed by atoms with Crippen LogP contribution in [-0.2, 0) is 26.2 Å². The first-order chi connectivity index (χ1) is 19.7. The van der Waals surface area contributed by atoms with Crippen LogP contribution < -0.4 is 14.4 Å². The summed E-state index contributed by atoms with van der Waals surface area (Å²) in [5.41, 5.74) is 1.14. The van der Waals surface area contributed by atoms with E-state index in [4.69, 9.17) is 4.74 Å². The summed E-state index contributed by atoms with van der Waals surface area (Å²) in [6.45, 7) is 1.52. The summed E-state index contributed by atoms with van der Waals surface area (Å²) >= 11 is 2.15. The molecule has 10 heteroatoms. The molecule has 0 spiro atoms. The highest BCUT2D eigenvalue weighted by Crippen LogP contribution is 2.26. The van der Waals surface area contributed by atoms with Gasteiger partial charge in [-0.25, -0.2) is 8.42 Å². The SMILES string of the molecule is CC[C@H](C(=O)NC1CCCC1)N(Cc1cccc(OC)c1)C(=O)CN(c1ccc(I)cc1)S(=O)(=O)c1ccccc1. The molecule has 0 heterocycles. The lowest BCUT2D eigenvalue weighted by atomic mass is 10.1. The molecule has 0 saturated heterocycles. The summed E-state index contributed by atoms with van der Waals surface area (Å²) in [6.07, 6.45) is 4.35. The van der Waals surface area contributed by atoms with Crippen molar-refractivity contribution in [3.05, 3.63) is 88.0 Å². The fourth-order valence-corrected chi connectivity index (χ4v) is 6.91. The van der Waals surface area contributed by atoms with Crippen molar-refractivity contribution in [2.24, 2.45) is 0 Å². The lowest BCUT2D eigenvalue weighted by Gasteiger charge is -2.33. The number of hydrogen-bond acceptors (Lipinski definition) is 5. The number of sulfonamides is 1. The number of carbonyl (C=O) groups is 2. The van der Waals surface area contributed by atoms with Crippen LogP contribution in [0.2, 0.25) is 0 Å². The van der Waals surface area contributed by atoms with E-state index in [9.17, 15) is 18.0 Å². The third-order valence-electron chi connectivity index (χ3n) is 7.30. The molecule has 1 N–H and O–H groups in total. The van der Waals surface area contributed by atoms with Crippen LogP contribution in [0.4, 0.5) is 5.69 Å². The second kappa shape index (κ2) is 14.2. The lowest BCUT2D eigenvalue weighted by molar-refractivity contribution is -0.140. The largest absolute Gasteiger partial charge is 0.497 e. The number of rotatable bonds is 12. The summed E-state index contributed by atoms with van der Waals surface area (Å²) in [6, 6.07) is 21.7. The van der Waals surface area contributed by atoms with E-state index < -0.39 is 28.5 Å². The van der Waals surface area contributed by atoms with E-state index in [1.54, 1.807) is 49.6 Å². The minimum atomic E-state index is -4.09. The van der Waals surface area contributed by atoms with Crippen molar-refractivity contribution in [3.63, 3.8) is 0 Å². The lowest BCUT2D eigenvalue weighted by Crippen LogP contribution is -2.53. The normalized spacial score (nSPS) is 14.3. The van der Waals surface area contributed by atoms with Crippen LogP contribution in [0.1, 0.15) is 44.6 Å². The highest BCUT2D eigenvalue weighted by atomic mass is 127. The van der Waals surface area contributed by atoms with Crippen LogP contribution in [0.25, 0.3) is 0 Å². The second-order valence-corrected chi connectivity index (χ2v) is 13.2. The topological polar surface area (TPSA) is 96.0 Å². The van der Waals surface area contributed by atoms with Gasteiger partial charge in [0.25, 0.3) is 10.0 Å². The Hall–Kier alpha value is -3.12. The third-order valence-corrected chi connectivity index (χ3v) is 9.81. The van der Waals surface area contributed by atoms with Gasteiger partial charge in [0.2, 0.25) is 11.8 Å². The summed E-state index contributed by atoms with van der Waals surface area (Å²) < 4.78 is 35.2. The van der Waals surface area contributed by atoms with Gasteiger partial charge in [-0.05, 0) is 95.9 Å². The number of anilines is 1. The Bertz CT molecular complexity index is 1430. The number of halogens is 1. The molecular weight excluding hydrogens is 653 g/mol. The molecule has 4 rings (SSSR count). The Labute approximate surface area is 256 Å². The van der Waals surface area contributed by atoms with Crippen LogP contribution in [-0.4, -0.2) is 50.9 Å². The van der Waals surface area contributed by atoms with Crippen LogP contribution >= 0.6 is 22.6 Å². The molecule has 0 aliphatic heterocycles. The maximum atomic E-state index is 14.2. The number of nitrogens with one attached hydrogen (secondary N) is 1. The van der Waals surface area contributed by atoms with Crippen LogP contribution in [0.15, 0.2) is 83.8 Å². The molecule has 218 valence electrons. The number of carbonyl (C=O) groups excluding carboxylic acids is 2. The zero-order chi connectivity index (χ0) is 29.4. The maximum absolute atomic E-state index is 14.2. The van der Waals surface area contributed by atoms with Gasteiger partial charge >= 0.3 is 0 Å². The molecule has 1 aliphatic carbocycles. The summed E-state index contributed by atoms with van der Waals surface area (Å²) in [5, 5.41) is 3.13. The van der Waals surface area contributed by atoms with Gasteiger partial charge in [0, 0.05) is 16.2 Å². The number of ether oxygens (including phenoxy) is 1. The Morgan fingerprint density at radius 3 is 2.32 bits per heavy atom. The summed E-state index contributed by atoms with van der Waals surface area (Å²) in [5.74, 6) is -0.0628. The molecule has 1 atom stereocenters. The zero-order valence-corrected chi connectivity index (χ0v) is 26.3. The fourth-order valence-electron chi connectivity index (χ4n) is 5.11. The van der Waals surface area contributed by atoms with E-state index in [2.05, 4.69) is 27.9 Å². The predicted molar refractivity (Wildman–Crippen MR) is 168 cm³/mol. The van der Waals surface area contributed by atoms with E-state index in [-0.39, 0.29) is 23.4 Å². The smallest absolute Gasteiger partial charge is 0.264 e. The average Bonchev–Trinajstić information content (AvgIpc) is 3.49. The minimum absolute atomic E-state index is 0.0803. The molecule has 0 bridgehead atoms. The fraction of sp³-hybridized carbons (Fsp3) is 0.355. The molecule has 0 radical (unpaired) electrons. The Morgan fingerprint density at radius 2 is 1.68 bits per heavy atom. The van der Waals surface area contributed by atoms with E-state index in [1.807, 2.05) is 31.2 Å². The monoisotopic (exact) mass is 689 g/mol. The van der Waals surface area contributed by atoms with Gasteiger partial charge in [0.15, 0.2) is 0 Å². The molecule has 1 saturated carbocycles. The molecule has 1 aliphatic rings. The summed E-state index contributed by atoms with van der Waals surface area (Å²) in [7, 11) is -2.52. The van der Waals surface area contributed by atoms with Gasteiger partial charge in [0.05, 0.1) is 17.7 Å². The van der Waals surface area contributed by atoms with E-state index in [0.717, 1.165) is 39.1 Å². The first kappa shape index (κ1) is 30.8. The number of benzene rings is 3. The van der Waals surface area contributed by atoms with Crippen molar-refractivity contribution in [1.29, 1.82) is 0 Å². The van der Waals surface area contributed by atoms with Gasteiger partial charge in [0.1, 0.15) is 18.3 Å². The Morgan fingerprint density at radius 1 is 1.00 bits per heavy atom.